The molecule has 0 heterocycles. The molecule has 0 saturated heterocycles. The fraction of sp³-hybridized carbons (Fsp3) is 0.750. The number of hydrogen-bond donors (Lipinski definition) is 1. The zero-order chi connectivity index (χ0) is 22.7. The molecule has 0 aromatic rings. The monoisotopic (exact) mass is 439 g/mol. The summed E-state index contributed by atoms with van der Waals surface area (Å²) in [5.41, 5.74) is 0. The van der Waals surface area contributed by atoms with Crippen molar-refractivity contribution < 1.29 is 67.8 Å². The van der Waals surface area contributed by atoms with Gasteiger partial charge in [0.05, 0.1) is 6.10 Å². The van der Waals surface area contributed by atoms with Crippen LogP contribution >= 0.6 is 0 Å². The largest absolute Gasteiger partial charge is 0.465 e. The Morgan fingerprint density at radius 1 is 0.821 bits per heavy atom. The van der Waals surface area contributed by atoms with Crippen molar-refractivity contribution in [2.24, 2.45) is 0 Å². The third-order valence-corrected chi connectivity index (χ3v) is 2.58. The van der Waals surface area contributed by atoms with Crippen LogP contribution in [-0.4, -0.2) is 60.8 Å². The minimum Gasteiger partial charge on any atom is -0.461 e. The van der Waals surface area contributed by atoms with Gasteiger partial charge in [-0.1, -0.05) is 0 Å². The second-order valence-corrected chi connectivity index (χ2v) is 5.25. The quantitative estimate of drug-likeness (QED) is 0.487. The summed E-state index contributed by atoms with van der Waals surface area (Å²) in [6, 6.07) is -2.74. The Balaban J connectivity index is 5.44. The summed E-state index contributed by atoms with van der Waals surface area (Å²) in [4.78, 5) is 33.4. The van der Waals surface area contributed by atoms with E-state index >= 15 is 0 Å². The molecule has 1 amide bonds. The zero-order valence-electron chi connectivity index (χ0n) is 13.7. The maximum Gasteiger partial charge on any atom is 0.465 e. The van der Waals surface area contributed by atoms with Gasteiger partial charge in [-0.15, -0.1) is 0 Å². The topological polar surface area (TPSA) is 81.7 Å². The van der Waals surface area contributed by atoms with Crippen molar-refractivity contribution >= 4 is 17.8 Å². The molecule has 6 nitrogen and oxygen atoms in total. The van der Waals surface area contributed by atoms with Gasteiger partial charge >= 0.3 is 42.0 Å². The lowest BCUT2D eigenvalue weighted by Crippen LogP contribution is -2.56. The fourth-order valence-corrected chi connectivity index (χ4v) is 1.23. The Kier molecular flexibility index (Phi) is 7.70. The smallest absolute Gasteiger partial charge is 0.461 e. The summed E-state index contributed by atoms with van der Waals surface area (Å²) in [6.07, 6.45) is -13.9. The zero-order valence-corrected chi connectivity index (χ0v) is 13.7. The lowest BCUT2D eigenvalue weighted by molar-refractivity contribution is -0.280. The molecule has 28 heavy (non-hydrogen) atoms. The lowest BCUT2D eigenvalue weighted by atomic mass is 10.2. The first-order chi connectivity index (χ1) is 12.2. The van der Waals surface area contributed by atoms with Gasteiger partial charge in [0.2, 0.25) is 0 Å². The van der Waals surface area contributed by atoms with Crippen molar-refractivity contribution in [1.82, 2.24) is 5.32 Å². The number of hydrogen-bond acceptors (Lipinski definition) is 5. The molecule has 1 atom stereocenters. The van der Waals surface area contributed by atoms with Crippen molar-refractivity contribution in [1.29, 1.82) is 0 Å². The van der Waals surface area contributed by atoms with Gasteiger partial charge in [-0.2, -0.15) is 43.9 Å². The van der Waals surface area contributed by atoms with Gasteiger partial charge in [-0.3, -0.25) is 4.79 Å². The Morgan fingerprint density at radius 2 is 1.25 bits per heavy atom. The van der Waals surface area contributed by atoms with Gasteiger partial charge in [0.15, 0.2) is 6.04 Å². The third kappa shape index (κ3) is 6.12. The number of carbonyl (C=O) groups is 3. The maximum atomic E-state index is 12.9. The van der Waals surface area contributed by atoms with Crippen LogP contribution in [0.1, 0.15) is 13.8 Å². The molecule has 164 valence electrons. The number of carbonyl (C=O) groups excluding carboxylic acids is 3. The molecule has 0 rings (SSSR count). The Morgan fingerprint density at radius 3 is 1.61 bits per heavy atom. The van der Waals surface area contributed by atoms with Crippen molar-refractivity contribution in [2.45, 2.75) is 50.2 Å². The van der Waals surface area contributed by atoms with Gasteiger partial charge in [0, 0.05) is 0 Å². The van der Waals surface area contributed by atoms with Crippen LogP contribution in [0.15, 0.2) is 0 Å². The standard InChI is InChI=1S/C12H11F10NO5/c1-4(2)28-6(24)5(23-7(25)9(13,14)11(17,18)19)3-27-8(26)10(15,16)12(20,21)22/h4-5H,3H2,1-2H3,(H,23,25)/t5-/m1/s1. The minimum atomic E-state index is -6.43. The van der Waals surface area contributed by atoms with E-state index in [-0.39, 0.29) is 0 Å². The van der Waals surface area contributed by atoms with Crippen molar-refractivity contribution in [3.8, 4) is 0 Å². The van der Waals surface area contributed by atoms with Crippen LogP contribution in [0.3, 0.4) is 0 Å². The molecule has 0 aliphatic carbocycles. The molecule has 16 heteroatoms. The van der Waals surface area contributed by atoms with Crippen LogP contribution in [0.2, 0.25) is 0 Å². The van der Waals surface area contributed by atoms with E-state index < -0.39 is 60.8 Å². The predicted octanol–water partition coefficient (Wildman–Crippen LogP) is 2.36. The van der Waals surface area contributed by atoms with Gasteiger partial charge < -0.3 is 14.8 Å². The second kappa shape index (κ2) is 8.38. The number of alkyl halides is 10. The molecule has 0 saturated carbocycles. The number of amides is 1. The van der Waals surface area contributed by atoms with E-state index in [9.17, 15) is 58.3 Å². The summed E-state index contributed by atoms with van der Waals surface area (Å²) in [5.74, 6) is -20.4. The van der Waals surface area contributed by atoms with E-state index in [0.29, 0.717) is 0 Å². The summed E-state index contributed by atoms with van der Waals surface area (Å²) in [6.45, 7) is 0.311. The van der Waals surface area contributed by atoms with E-state index in [2.05, 4.69) is 9.47 Å². The van der Waals surface area contributed by atoms with Crippen LogP contribution in [-0.2, 0) is 23.9 Å². The van der Waals surface area contributed by atoms with Gasteiger partial charge in [0.25, 0.3) is 0 Å². The third-order valence-electron chi connectivity index (χ3n) is 2.58. The van der Waals surface area contributed by atoms with Crippen LogP contribution in [0, 0.1) is 0 Å². The average molecular weight is 439 g/mol. The lowest BCUT2D eigenvalue weighted by Gasteiger charge is -2.24. The average Bonchev–Trinajstić information content (AvgIpc) is 2.47. The van der Waals surface area contributed by atoms with Crippen molar-refractivity contribution in [2.75, 3.05) is 6.61 Å². The van der Waals surface area contributed by atoms with Crippen LogP contribution < -0.4 is 5.32 Å². The van der Waals surface area contributed by atoms with E-state index in [4.69, 9.17) is 0 Å². The molecule has 0 unspecified atom stereocenters. The van der Waals surface area contributed by atoms with Crippen LogP contribution in [0.4, 0.5) is 43.9 Å². The normalized spacial score (nSPS) is 14.5. The highest BCUT2D eigenvalue weighted by molar-refractivity contribution is 5.89. The number of halogens is 10. The molecule has 0 bridgehead atoms. The van der Waals surface area contributed by atoms with Crippen LogP contribution in [0.5, 0.6) is 0 Å². The highest BCUT2D eigenvalue weighted by Crippen LogP contribution is 2.37. The van der Waals surface area contributed by atoms with Gasteiger partial charge in [-0.25, -0.2) is 9.59 Å². The highest BCUT2D eigenvalue weighted by atomic mass is 19.4. The van der Waals surface area contributed by atoms with Gasteiger partial charge in [-0.05, 0) is 13.8 Å². The highest BCUT2D eigenvalue weighted by Gasteiger charge is 2.65. The molecule has 1 N–H and O–H groups in total. The van der Waals surface area contributed by atoms with Gasteiger partial charge in [0.1, 0.15) is 6.61 Å². The molecular formula is C12H11F10NO5. The van der Waals surface area contributed by atoms with E-state index in [1.807, 2.05) is 0 Å². The number of ether oxygens (including phenoxy) is 2. The Hall–Kier alpha value is -2.29. The maximum absolute atomic E-state index is 12.9. The Labute approximate surface area is 149 Å². The second-order valence-electron chi connectivity index (χ2n) is 5.25. The van der Waals surface area contributed by atoms with E-state index in [1.165, 1.54) is 0 Å². The summed E-state index contributed by atoms with van der Waals surface area (Å²) in [5, 5.41) is 0.728. The number of esters is 2. The molecule has 0 aromatic heterocycles. The fourth-order valence-electron chi connectivity index (χ4n) is 1.23. The summed E-state index contributed by atoms with van der Waals surface area (Å²) >= 11 is 0. The first-order valence-electron chi connectivity index (χ1n) is 6.83. The summed E-state index contributed by atoms with van der Waals surface area (Å²) < 4.78 is 131. The SMILES string of the molecule is CC(C)OC(=O)[C@@H](COC(=O)C(F)(F)C(F)(F)F)NC(=O)C(F)(F)C(F)(F)F. The Bertz CT molecular complexity index is 599. The summed E-state index contributed by atoms with van der Waals surface area (Å²) in [7, 11) is 0. The molecule has 0 radical (unpaired) electrons. The molecule has 0 fully saturated rings. The first kappa shape index (κ1) is 25.7. The molecule has 0 spiro atoms. The molecule has 0 aliphatic heterocycles. The van der Waals surface area contributed by atoms with Crippen LogP contribution in [0.25, 0.3) is 0 Å². The minimum absolute atomic E-state index is 0.728. The molecule has 0 aliphatic rings. The van der Waals surface area contributed by atoms with Crippen molar-refractivity contribution in [3.63, 3.8) is 0 Å². The van der Waals surface area contributed by atoms with E-state index in [1.54, 1.807) is 0 Å². The van der Waals surface area contributed by atoms with E-state index in [0.717, 1.165) is 19.2 Å². The number of rotatable bonds is 7. The first-order valence-corrected chi connectivity index (χ1v) is 6.83. The number of nitrogens with one attached hydrogen (secondary N) is 1. The molecular weight excluding hydrogens is 428 g/mol. The predicted molar refractivity (Wildman–Crippen MR) is 66.1 cm³/mol. The molecule has 0 aromatic carbocycles. The van der Waals surface area contributed by atoms with Crippen molar-refractivity contribution in [3.05, 3.63) is 0 Å².